The summed E-state index contributed by atoms with van der Waals surface area (Å²) in [6.07, 6.45) is 1.68. The molecule has 0 radical (unpaired) electrons. The molecule has 0 bridgehead atoms. The van der Waals surface area contributed by atoms with Gasteiger partial charge in [-0.3, -0.25) is 14.5 Å². The Hall–Kier alpha value is -2.64. The van der Waals surface area contributed by atoms with E-state index in [9.17, 15) is 9.59 Å². The molecule has 1 unspecified atom stereocenters. The Balaban J connectivity index is 1.79. The highest BCUT2D eigenvalue weighted by molar-refractivity contribution is 6.34. The molecule has 1 saturated heterocycles. The van der Waals surface area contributed by atoms with Gasteiger partial charge in [0, 0.05) is 18.3 Å². The van der Waals surface area contributed by atoms with E-state index in [2.05, 4.69) is 10.3 Å². The smallest absolute Gasteiger partial charge is 0.275 e. The fourth-order valence-electron chi connectivity index (χ4n) is 3.33. The second-order valence-corrected chi connectivity index (χ2v) is 6.96. The first-order valence-electron chi connectivity index (χ1n) is 9.21. The SMILES string of the molecule is CCOc1ccc(Cl)c(C(=O)Nc2ccccc2CN2CCCC2C(N)=O)n1. The van der Waals surface area contributed by atoms with Gasteiger partial charge in [0.2, 0.25) is 11.8 Å². The monoisotopic (exact) mass is 402 g/mol. The number of nitrogens with zero attached hydrogens (tertiary/aromatic N) is 2. The average Bonchev–Trinajstić information content (AvgIpc) is 3.13. The van der Waals surface area contributed by atoms with Crippen LogP contribution in [0.5, 0.6) is 5.88 Å². The van der Waals surface area contributed by atoms with Gasteiger partial charge in [-0.05, 0) is 44.0 Å². The van der Waals surface area contributed by atoms with E-state index < -0.39 is 5.91 Å². The molecule has 3 rings (SSSR count). The van der Waals surface area contributed by atoms with Crippen LogP contribution in [-0.2, 0) is 11.3 Å². The van der Waals surface area contributed by atoms with E-state index in [-0.39, 0.29) is 22.7 Å². The van der Waals surface area contributed by atoms with Gasteiger partial charge in [-0.2, -0.15) is 0 Å². The summed E-state index contributed by atoms with van der Waals surface area (Å²) in [7, 11) is 0. The predicted molar refractivity (Wildman–Crippen MR) is 107 cm³/mol. The molecule has 1 aromatic carbocycles. The van der Waals surface area contributed by atoms with Crippen molar-refractivity contribution in [3.8, 4) is 5.88 Å². The summed E-state index contributed by atoms with van der Waals surface area (Å²) in [6, 6.07) is 10.4. The van der Waals surface area contributed by atoms with Crippen LogP contribution >= 0.6 is 11.6 Å². The molecule has 7 nitrogen and oxygen atoms in total. The van der Waals surface area contributed by atoms with Gasteiger partial charge >= 0.3 is 0 Å². The molecule has 3 N–H and O–H groups in total. The van der Waals surface area contributed by atoms with Crippen molar-refractivity contribution in [3.05, 3.63) is 52.7 Å². The van der Waals surface area contributed by atoms with Crippen LogP contribution in [-0.4, -0.2) is 40.9 Å². The maximum atomic E-state index is 12.8. The summed E-state index contributed by atoms with van der Waals surface area (Å²) in [6.45, 7) is 3.59. The van der Waals surface area contributed by atoms with E-state index >= 15 is 0 Å². The number of benzene rings is 1. The van der Waals surface area contributed by atoms with Gasteiger partial charge < -0.3 is 15.8 Å². The molecule has 0 spiro atoms. The van der Waals surface area contributed by atoms with Gasteiger partial charge in [-0.15, -0.1) is 0 Å². The number of aromatic nitrogens is 1. The number of hydrogen-bond donors (Lipinski definition) is 2. The molecule has 1 aliphatic rings. The molecule has 0 aliphatic carbocycles. The number of anilines is 1. The summed E-state index contributed by atoms with van der Waals surface area (Å²) in [5.41, 5.74) is 7.13. The number of rotatable bonds is 7. The molecule has 2 amide bonds. The number of nitrogens with two attached hydrogens (primary N) is 1. The number of amides is 2. The fourth-order valence-corrected chi connectivity index (χ4v) is 3.52. The number of primary amides is 1. The van der Waals surface area contributed by atoms with Crippen LogP contribution in [0.3, 0.4) is 0 Å². The number of pyridine rings is 1. The normalized spacial score (nSPS) is 16.7. The van der Waals surface area contributed by atoms with E-state index in [1.54, 1.807) is 12.1 Å². The quantitative estimate of drug-likeness (QED) is 0.742. The minimum absolute atomic E-state index is 0.0959. The Morgan fingerprint density at radius 1 is 1.32 bits per heavy atom. The second-order valence-electron chi connectivity index (χ2n) is 6.56. The van der Waals surface area contributed by atoms with Crippen molar-refractivity contribution < 1.29 is 14.3 Å². The van der Waals surface area contributed by atoms with Crippen molar-refractivity contribution in [3.63, 3.8) is 0 Å². The lowest BCUT2D eigenvalue weighted by molar-refractivity contribution is -0.122. The largest absolute Gasteiger partial charge is 0.478 e. The highest BCUT2D eigenvalue weighted by Crippen LogP contribution is 2.25. The van der Waals surface area contributed by atoms with Gasteiger partial charge in [0.1, 0.15) is 0 Å². The maximum Gasteiger partial charge on any atom is 0.275 e. The molecule has 1 atom stereocenters. The van der Waals surface area contributed by atoms with Crippen LogP contribution in [0.1, 0.15) is 35.8 Å². The number of carbonyl (C=O) groups excluding carboxylic acids is 2. The van der Waals surface area contributed by atoms with Gasteiger partial charge in [-0.1, -0.05) is 29.8 Å². The number of halogens is 1. The zero-order chi connectivity index (χ0) is 20.1. The third-order valence-electron chi connectivity index (χ3n) is 4.66. The van der Waals surface area contributed by atoms with Gasteiger partial charge in [0.15, 0.2) is 5.69 Å². The van der Waals surface area contributed by atoms with Crippen LogP contribution in [0.4, 0.5) is 5.69 Å². The lowest BCUT2D eigenvalue weighted by Crippen LogP contribution is -2.39. The standard InChI is InChI=1S/C20H23ClN4O3/c1-2-28-17-10-9-14(21)18(24-17)20(27)23-15-7-4-3-6-13(15)12-25-11-5-8-16(25)19(22)26/h3-4,6-7,9-10,16H,2,5,8,11-12H2,1H3,(H2,22,26)(H,23,27). The first-order chi connectivity index (χ1) is 13.5. The van der Waals surface area contributed by atoms with Gasteiger partial charge in [0.05, 0.1) is 17.7 Å². The summed E-state index contributed by atoms with van der Waals surface area (Å²) < 4.78 is 5.35. The summed E-state index contributed by atoms with van der Waals surface area (Å²) in [4.78, 5) is 30.6. The molecule has 1 aromatic heterocycles. The Kier molecular flexibility index (Phi) is 6.49. The zero-order valence-corrected chi connectivity index (χ0v) is 16.4. The molecular formula is C20H23ClN4O3. The lowest BCUT2D eigenvalue weighted by atomic mass is 10.1. The molecule has 0 saturated carbocycles. The first kappa shape index (κ1) is 20.1. The van der Waals surface area contributed by atoms with Crippen molar-refractivity contribution in [2.45, 2.75) is 32.4 Å². The average molecular weight is 403 g/mol. The molecule has 28 heavy (non-hydrogen) atoms. The third kappa shape index (κ3) is 4.61. The topological polar surface area (TPSA) is 97.5 Å². The van der Waals surface area contributed by atoms with Crippen LogP contribution in [0.15, 0.2) is 36.4 Å². The Bertz CT molecular complexity index is 874. The molecule has 148 valence electrons. The Morgan fingerprint density at radius 2 is 2.11 bits per heavy atom. The van der Waals surface area contributed by atoms with Gasteiger partial charge in [0.25, 0.3) is 5.91 Å². The summed E-state index contributed by atoms with van der Waals surface area (Å²) in [5.74, 6) is -0.402. The van der Waals surface area contributed by atoms with E-state index in [0.717, 1.165) is 24.9 Å². The fraction of sp³-hybridized carbons (Fsp3) is 0.350. The molecule has 1 aliphatic heterocycles. The molecule has 2 aromatic rings. The molecule has 2 heterocycles. The zero-order valence-electron chi connectivity index (χ0n) is 15.7. The highest BCUT2D eigenvalue weighted by Gasteiger charge is 2.29. The van der Waals surface area contributed by atoms with Crippen LogP contribution in [0, 0.1) is 0 Å². The second kappa shape index (κ2) is 9.03. The molecular weight excluding hydrogens is 380 g/mol. The predicted octanol–water partition coefficient (Wildman–Crippen LogP) is 2.84. The van der Waals surface area contributed by atoms with E-state index in [1.165, 1.54) is 0 Å². The van der Waals surface area contributed by atoms with Crippen molar-refractivity contribution in [2.24, 2.45) is 5.73 Å². The van der Waals surface area contributed by atoms with Crippen molar-refractivity contribution >= 4 is 29.1 Å². The molecule has 8 heteroatoms. The minimum Gasteiger partial charge on any atom is -0.478 e. The number of carbonyl (C=O) groups is 2. The van der Waals surface area contributed by atoms with E-state index in [0.29, 0.717) is 24.7 Å². The number of para-hydroxylation sites is 1. The maximum absolute atomic E-state index is 12.8. The number of hydrogen-bond acceptors (Lipinski definition) is 5. The molecule has 1 fully saturated rings. The summed E-state index contributed by atoms with van der Waals surface area (Å²) in [5, 5.41) is 3.11. The number of likely N-dealkylation sites (tertiary alicyclic amines) is 1. The van der Waals surface area contributed by atoms with Crippen LogP contribution in [0.25, 0.3) is 0 Å². The Morgan fingerprint density at radius 3 is 2.86 bits per heavy atom. The minimum atomic E-state index is -0.424. The first-order valence-corrected chi connectivity index (χ1v) is 9.59. The lowest BCUT2D eigenvalue weighted by Gasteiger charge is -2.23. The van der Waals surface area contributed by atoms with Crippen molar-refractivity contribution in [1.29, 1.82) is 0 Å². The number of ether oxygens (including phenoxy) is 1. The third-order valence-corrected chi connectivity index (χ3v) is 4.96. The van der Waals surface area contributed by atoms with Crippen molar-refractivity contribution in [1.82, 2.24) is 9.88 Å². The van der Waals surface area contributed by atoms with E-state index in [4.69, 9.17) is 22.1 Å². The highest BCUT2D eigenvalue weighted by atomic mass is 35.5. The van der Waals surface area contributed by atoms with E-state index in [1.807, 2.05) is 36.1 Å². The number of nitrogens with one attached hydrogen (secondary N) is 1. The van der Waals surface area contributed by atoms with Crippen LogP contribution < -0.4 is 15.8 Å². The van der Waals surface area contributed by atoms with Gasteiger partial charge in [-0.25, -0.2) is 4.98 Å². The Labute approximate surface area is 168 Å². The van der Waals surface area contributed by atoms with Crippen molar-refractivity contribution in [2.75, 3.05) is 18.5 Å². The van der Waals surface area contributed by atoms with Crippen LogP contribution in [0.2, 0.25) is 5.02 Å². The summed E-state index contributed by atoms with van der Waals surface area (Å²) >= 11 is 6.15.